The van der Waals surface area contributed by atoms with Crippen molar-refractivity contribution in [1.29, 1.82) is 0 Å². The lowest BCUT2D eigenvalue weighted by Crippen LogP contribution is -2.73. The molecule has 7 atom stereocenters. The van der Waals surface area contributed by atoms with Gasteiger partial charge in [-0.3, -0.25) is 14.5 Å². The minimum Gasteiger partial charge on any atom is -0.379 e. The van der Waals surface area contributed by atoms with Gasteiger partial charge in [-0.2, -0.15) is 0 Å². The molecule has 4 heterocycles. The predicted molar refractivity (Wildman–Crippen MR) is 136 cm³/mol. The minimum atomic E-state index is -1.19. The number of Topliss-reactive ketones (excluding diaryl/α,β-unsaturated/α-hetero) is 1. The fourth-order valence-corrected chi connectivity index (χ4v) is 7.37. The van der Waals surface area contributed by atoms with Crippen molar-refractivity contribution in [2.75, 3.05) is 72.6 Å². The van der Waals surface area contributed by atoms with Gasteiger partial charge >= 0.3 is 0 Å². The van der Waals surface area contributed by atoms with Crippen LogP contribution in [0.25, 0.3) is 0 Å². The molecule has 0 spiro atoms. The zero-order valence-electron chi connectivity index (χ0n) is 22.0. The number of carbonyl (C=O) groups is 2. The molecule has 1 amide bonds. The van der Waals surface area contributed by atoms with Crippen LogP contribution >= 0.6 is 0 Å². The highest BCUT2D eigenvalue weighted by Crippen LogP contribution is 2.45. The molecule has 2 saturated carbocycles. The number of nitrogens with one attached hydrogen (secondary N) is 1. The molecular formula is C27H42FN5O4. The molecule has 0 aromatic heterocycles. The second kappa shape index (κ2) is 10.9. The summed E-state index contributed by atoms with van der Waals surface area (Å²) in [5.74, 6) is -0.924. The van der Waals surface area contributed by atoms with Crippen LogP contribution in [0.3, 0.4) is 0 Å². The number of ether oxygens (including phenoxy) is 2. The second-order valence-corrected chi connectivity index (χ2v) is 11.7. The normalized spacial score (nSPS) is 39.1. The van der Waals surface area contributed by atoms with Crippen molar-refractivity contribution in [3.63, 3.8) is 0 Å². The number of amides is 1. The fraction of sp³-hybridized carbons (Fsp3) is 0.852. The number of morpholine rings is 2. The van der Waals surface area contributed by atoms with Crippen LogP contribution in [0, 0.1) is 5.92 Å². The third kappa shape index (κ3) is 4.95. The molecule has 206 valence electrons. The van der Waals surface area contributed by atoms with Crippen LogP contribution in [-0.4, -0.2) is 140 Å². The molecule has 0 aromatic rings. The Bertz CT molecular complexity index is 890. The predicted octanol–water partition coefficient (Wildman–Crippen LogP) is 0.256. The SMILES string of the molecule is CN1CCN(C(=O)C2=CN3C4CCCCC4OC4C(NCCN5CCOCC5)C(F)CC(C2=O)C43)CC1. The third-order valence-electron chi connectivity index (χ3n) is 9.51. The summed E-state index contributed by atoms with van der Waals surface area (Å²) in [6, 6.07) is -0.529. The third-order valence-corrected chi connectivity index (χ3v) is 9.51. The van der Waals surface area contributed by atoms with Crippen molar-refractivity contribution < 1.29 is 23.5 Å². The number of likely N-dealkylation sites (N-methyl/N-ethyl adjacent to an activating group) is 1. The van der Waals surface area contributed by atoms with Crippen LogP contribution in [0.1, 0.15) is 32.1 Å². The summed E-state index contributed by atoms with van der Waals surface area (Å²) in [7, 11) is 2.04. The van der Waals surface area contributed by atoms with Gasteiger partial charge in [0.15, 0.2) is 5.78 Å². The Morgan fingerprint density at radius 2 is 1.86 bits per heavy atom. The molecule has 2 aliphatic carbocycles. The molecule has 1 N–H and O–H groups in total. The maximum absolute atomic E-state index is 15.8. The van der Waals surface area contributed by atoms with Crippen molar-refractivity contribution in [3.8, 4) is 0 Å². The summed E-state index contributed by atoms with van der Waals surface area (Å²) in [6.45, 7) is 7.63. The number of alkyl halides is 1. The van der Waals surface area contributed by atoms with Gasteiger partial charge in [0.2, 0.25) is 0 Å². The first kappa shape index (κ1) is 25.7. The van der Waals surface area contributed by atoms with E-state index in [0.717, 1.165) is 71.6 Å². The number of rotatable bonds is 5. The number of hydrogen-bond acceptors (Lipinski definition) is 8. The fourth-order valence-electron chi connectivity index (χ4n) is 7.37. The topological polar surface area (TPSA) is 77.6 Å². The molecule has 6 rings (SSSR count). The van der Waals surface area contributed by atoms with Gasteiger partial charge in [0.1, 0.15) is 6.17 Å². The van der Waals surface area contributed by atoms with Gasteiger partial charge < -0.3 is 29.5 Å². The highest BCUT2D eigenvalue weighted by molar-refractivity contribution is 6.20. The van der Waals surface area contributed by atoms with E-state index in [1.807, 2.05) is 13.2 Å². The van der Waals surface area contributed by atoms with Crippen molar-refractivity contribution in [1.82, 2.24) is 24.9 Å². The molecule has 9 nitrogen and oxygen atoms in total. The molecule has 0 radical (unpaired) electrons. The van der Waals surface area contributed by atoms with E-state index in [4.69, 9.17) is 9.47 Å². The molecular weight excluding hydrogens is 477 g/mol. The van der Waals surface area contributed by atoms with Gasteiger partial charge in [0.05, 0.1) is 49.1 Å². The first-order valence-electron chi connectivity index (χ1n) is 14.4. The average molecular weight is 520 g/mol. The van der Waals surface area contributed by atoms with Crippen molar-refractivity contribution in [2.45, 2.75) is 68.6 Å². The van der Waals surface area contributed by atoms with E-state index in [9.17, 15) is 9.59 Å². The number of ketones is 1. The Labute approximate surface area is 219 Å². The van der Waals surface area contributed by atoms with E-state index < -0.39 is 24.2 Å². The van der Waals surface area contributed by atoms with Crippen molar-refractivity contribution >= 4 is 11.7 Å². The number of carbonyl (C=O) groups excluding carboxylic acids is 2. The molecule has 10 heteroatoms. The quantitative estimate of drug-likeness (QED) is 0.519. The monoisotopic (exact) mass is 519 g/mol. The van der Waals surface area contributed by atoms with Crippen LogP contribution in [0.2, 0.25) is 0 Å². The summed E-state index contributed by atoms with van der Waals surface area (Å²) in [5.41, 5.74) is 0.252. The maximum Gasteiger partial charge on any atom is 0.259 e. The van der Waals surface area contributed by atoms with Gasteiger partial charge in [-0.15, -0.1) is 0 Å². The molecule has 0 bridgehead atoms. The molecule has 5 fully saturated rings. The van der Waals surface area contributed by atoms with Crippen LogP contribution in [0.4, 0.5) is 4.39 Å². The summed E-state index contributed by atoms with van der Waals surface area (Å²) in [6.07, 6.45) is 4.53. The Hall–Kier alpha value is -1.59. The van der Waals surface area contributed by atoms with Gasteiger partial charge in [0.25, 0.3) is 5.91 Å². The second-order valence-electron chi connectivity index (χ2n) is 11.7. The average Bonchev–Trinajstić information content (AvgIpc) is 2.92. The first-order chi connectivity index (χ1) is 18.0. The van der Waals surface area contributed by atoms with Crippen molar-refractivity contribution in [3.05, 3.63) is 11.8 Å². The molecule has 37 heavy (non-hydrogen) atoms. The minimum absolute atomic E-state index is 0.00827. The molecule has 4 aliphatic heterocycles. The van der Waals surface area contributed by atoms with Crippen LogP contribution in [-0.2, 0) is 19.1 Å². The smallest absolute Gasteiger partial charge is 0.259 e. The maximum atomic E-state index is 15.8. The first-order valence-corrected chi connectivity index (χ1v) is 14.4. The zero-order valence-corrected chi connectivity index (χ0v) is 22.0. The number of nitrogens with zero attached hydrogens (tertiary/aromatic N) is 4. The zero-order chi connectivity index (χ0) is 25.5. The standard InChI is InChI=1S/C27H42FN5O4/c1-30-8-10-32(11-9-30)27(35)19-17-33-21-4-2-3-5-22(21)37-26-23(20(28)16-18(24(26)33)25(19)34)29-6-7-31-12-14-36-15-13-31/h17-18,20-24,26,29H,2-16H2,1H3. The highest BCUT2D eigenvalue weighted by Gasteiger charge is 2.58. The van der Waals surface area contributed by atoms with E-state index in [1.54, 1.807) is 4.90 Å². The number of halogens is 1. The Morgan fingerprint density at radius 1 is 1.11 bits per heavy atom. The number of fused-ring (bicyclic) bond motifs is 2. The van der Waals surface area contributed by atoms with Gasteiger partial charge in [-0.1, -0.05) is 12.8 Å². The Kier molecular flexibility index (Phi) is 7.55. The van der Waals surface area contributed by atoms with Crippen molar-refractivity contribution in [2.24, 2.45) is 5.92 Å². The van der Waals surface area contributed by atoms with E-state index in [-0.39, 0.29) is 41.9 Å². The number of hydrogen-bond donors (Lipinski definition) is 1. The van der Waals surface area contributed by atoms with E-state index in [0.29, 0.717) is 19.6 Å². The number of piperazine rings is 1. The summed E-state index contributed by atoms with van der Waals surface area (Å²) in [4.78, 5) is 35.9. The molecule has 0 aromatic carbocycles. The van der Waals surface area contributed by atoms with Crippen LogP contribution in [0.15, 0.2) is 11.8 Å². The lowest BCUT2D eigenvalue weighted by Gasteiger charge is -2.59. The van der Waals surface area contributed by atoms with Crippen LogP contribution < -0.4 is 5.32 Å². The van der Waals surface area contributed by atoms with Gasteiger partial charge in [-0.05, 0) is 26.3 Å². The summed E-state index contributed by atoms with van der Waals surface area (Å²) in [5, 5.41) is 3.49. The van der Waals surface area contributed by atoms with Gasteiger partial charge in [-0.25, -0.2) is 4.39 Å². The van der Waals surface area contributed by atoms with E-state index in [1.165, 1.54) is 0 Å². The molecule has 6 aliphatic rings. The van der Waals surface area contributed by atoms with E-state index >= 15 is 4.39 Å². The van der Waals surface area contributed by atoms with E-state index in [2.05, 4.69) is 20.0 Å². The lowest BCUT2D eigenvalue weighted by molar-refractivity contribution is -0.197. The molecule has 3 saturated heterocycles. The van der Waals surface area contributed by atoms with Crippen LogP contribution in [0.5, 0.6) is 0 Å². The lowest BCUT2D eigenvalue weighted by atomic mass is 9.69. The van der Waals surface area contributed by atoms with Gasteiger partial charge in [0, 0.05) is 64.5 Å². The summed E-state index contributed by atoms with van der Waals surface area (Å²) >= 11 is 0. The highest BCUT2D eigenvalue weighted by atomic mass is 19.1. The Morgan fingerprint density at radius 3 is 2.65 bits per heavy atom. The Balaban J connectivity index is 1.24. The largest absolute Gasteiger partial charge is 0.379 e. The summed E-state index contributed by atoms with van der Waals surface area (Å²) < 4.78 is 27.9. The molecule has 7 unspecified atom stereocenters.